The summed E-state index contributed by atoms with van der Waals surface area (Å²) in [6.07, 6.45) is 0.913. The molecule has 2 heterocycles. The predicted molar refractivity (Wildman–Crippen MR) is 113 cm³/mol. The molecule has 3 aromatic rings. The monoisotopic (exact) mass is 382 g/mol. The van der Waals surface area contributed by atoms with Gasteiger partial charge in [-0.2, -0.15) is 4.98 Å². The van der Waals surface area contributed by atoms with Gasteiger partial charge >= 0.3 is 0 Å². The number of H-pyrrole nitrogens is 1. The highest BCUT2D eigenvalue weighted by molar-refractivity contribution is 5.84. The predicted octanol–water partition coefficient (Wildman–Crippen LogP) is 3.45. The van der Waals surface area contributed by atoms with E-state index in [-0.39, 0.29) is 5.41 Å². The number of aryl methyl sites for hydroxylation is 1. The van der Waals surface area contributed by atoms with E-state index in [4.69, 9.17) is 4.52 Å². The third-order valence-electron chi connectivity index (χ3n) is 4.53. The lowest BCUT2D eigenvalue weighted by Gasteiger charge is -2.11. The molecule has 0 aliphatic carbocycles. The lowest BCUT2D eigenvalue weighted by molar-refractivity contribution is 0.318. The number of fused-ring (bicyclic) bond motifs is 1. The van der Waals surface area contributed by atoms with Gasteiger partial charge in [0.15, 0.2) is 11.8 Å². The van der Waals surface area contributed by atoms with E-state index < -0.39 is 0 Å². The Hall–Kier alpha value is -2.83. The number of para-hydroxylation sites is 1. The molecule has 0 amide bonds. The Morgan fingerprint density at radius 3 is 2.71 bits per heavy atom. The third kappa shape index (κ3) is 4.71. The van der Waals surface area contributed by atoms with Crippen molar-refractivity contribution < 1.29 is 4.52 Å². The smallest absolute Gasteiger partial charge is 0.232 e. The van der Waals surface area contributed by atoms with E-state index >= 15 is 0 Å². The normalized spacial score (nSPS) is 12.5. The van der Waals surface area contributed by atoms with Gasteiger partial charge in [-0.1, -0.05) is 44.1 Å². The number of guanidine groups is 1. The van der Waals surface area contributed by atoms with E-state index in [2.05, 4.69) is 61.9 Å². The first-order chi connectivity index (χ1) is 13.4. The Labute approximate surface area is 166 Å². The van der Waals surface area contributed by atoms with Crippen LogP contribution >= 0.6 is 0 Å². The number of aromatic nitrogens is 3. The lowest BCUT2D eigenvalue weighted by Crippen LogP contribution is -2.38. The van der Waals surface area contributed by atoms with E-state index in [0.717, 1.165) is 25.5 Å². The van der Waals surface area contributed by atoms with E-state index in [1.54, 1.807) is 0 Å². The number of hydrogen-bond donors (Lipinski definition) is 3. The molecule has 0 fully saturated rings. The van der Waals surface area contributed by atoms with Gasteiger partial charge in [-0.25, -0.2) is 4.99 Å². The molecule has 3 rings (SSSR count). The molecule has 7 heteroatoms. The molecular weight excluding hydrogens is 352 g/mol. The molecule has 0 atom stereocenters. The van der Waals surface area contributed by atoms with Gasteiger partial charge in [-0.3, -0.25) is 0 Å². The van der Waals surface area contributed by atoms with Crippen molar-refractivity contribution in [2.24, 2.45) is 4.99 Å². The summed E-state index contributed by atoms with van der Waals surface area (Å²) in [6, 6.07) is 8.41. The summed E-state index contributed by atoms with van der Waals surface area (Å²) < 4.78 is 5.33. The number of hydrogen-bond acceptors (Lipinski definition) is 4. The summed E-state index contributed by atoms with van der Waals surface area (Å²) in [7, 11) is 0. The highest BCUT2D eigenvalue weighted by Crippen LogP contribution is 2.22. The Bertz CT molecular complexity index is 947. The van der Waals surface area contributed by atoms with Crippen LogP contribution in [0.15, 0.2) is 33.8 Å². The van der Waals surface area contributed by atoms with Crippen molar-refractivity contribution in [2.45, 2.75) is 53.0 Å². The van der Waals surface area contributed by atoms with Gasteiger partial charge in [0.2, 0.25) is 5.89 Å². The summed E-state index contributed by atoms with van der Waals surface area (Å²) in [6.45, 7) is 12.3. The van der Waals surface area contributed by atoms with Crippen LogP contribution in [0.4, 0.5) is 0 Å². The summed E-state index contributed by atoms with van der Waals surface area (Å²) in [4.78, 5) is 12.5. The minimum atomic E-state index is -0.158. The number of nitrogens with zero attached hydrogens (tertiary/aromatic N) is 3. The van der Waals surface area contributed by atoms with Crippen LogP contribution in [0.3, 0.4) is 0 Å². The molecule has 0 bridgehead atoms. The van der Waals surface area contributed by atoms with Crippen LogP contribution in [0, 0.1) is 6.92 Å². The van der Waals surface area contributed by atoms with Gasteiger partial charge in [-0.15, -0.1) is 0 Å². The molecule has 2 aromatic heterocycles. The van der Waals surface area contributed by atoms with Crippen molar-refractivity contribution in [3.63, 3.8) is 0 Å². The second-order valence-corrected chi connectivity index (χ2v) is 7.91. The number of rotatable bonds is 6. The molecule has 28 heavy (non-hydrogen) atoms. The largest absolute Gasteiger partial charge is 0.358 e. The van der Waals surface area contributed by atoms with Crippen LogP contribution in [-0.4, -0.2) is 34.2 Å². The van der Waals surface area contributed by atoms with Crippen molar-refractivity contribution in [1.29, 1.82) is 0 Å². The Kier molecular flexibility index (Phi) is 6.02. The maximum absolute atomic E-state index is 5.33. The zero-order chi connectivity index (χ0) is 20.1. The van der Waals surface area contributed by atoms with Gasteiger partial charge in [0.25, 0.3) is 0 Å². The molecular formula is C21H30N6O. The summed E-state index contributed by atoms with van der Waals surface area (Å²) in [5, 5.41) is 12.0. The standard InChI is InChI=1S/C21H30N6O/c1-6-22-20(24-13-18-26-19(28-27-18)21(3,4)5)23-12-11-15-14(2)25-17-10-8-7-9-16(15)17/h7-10,25H,6,11-13H2,1-5H3,(H2,22,23,24). The fourth-order valence-corrected chi connectivity index (χ4v) is 3.08. The molecule has 1 aromatic carbocycles. The van der Waals surface area contributed by atoms with E-state index in [9.17, 15) is 0 Å². The van der Waals surface area contributed by atoms with E-state index in [1.165, 1.54) is 22.2 Å². The van der Waals surface area contributed by atoms with Crippen LogP contribution in [0.5, 0.6) is 0 Å². The zero-order valence-corrected chi connectivity index (χ0v) is 17.4. The molecule has 150 valence electrons. The molecule has 0 aliphatic rings. The number of aliphatic imine (C=N–C) groups is 1. The fourth-order valence-electron chi connectivity index (χ4n) is 3.08. The molecule has 7 nitrogen and oxygen atoms in total. The van der Waals surface area contributed by atoms with E-state index in [1.807, 2.05) is 27.7 Å². The van der Waals surface area contributed by atoms with Crippen LogP contribution in [0.1, 0.15) is 50.7 Å². The Morgan fingerprint density at radius 2 is 2.00 bits per heavy atom. The second kappa shape index (κ2) is 8.46. The SMILES string of the molecule is CCNC(=NCc1noc(C(C)(C)C)n1)NCCc1c(C)[nH]c2ccccc12. The quantitative estimate of drug-likeness (QED) is 0.449. The van der Waals surface area contributed by atoms with Crippen molar-refractivity contribution in [2.75, 3.05) is 13.1 Å². The zero-order valence-electron chi connectivity index (χ0n) is 17.4. The Morgan fingerprint density at radius 1 is 1.21 bits per heavy atom. The lowest BCUT2D eigenvalue weighted by atomic mass is 9.97. The van der Waals surface area contributed by atoms with Gasteiger partial charge in [0.1, 0.15) is 6.54 Å². The number of nitrogens with one attached hydrogen (secondary N) is 3. The Balaban J connectivity index is 1.62. The maximum atomic E-state index is 5.33. The van der Waals surface area contributed by atoms with Crippen molar-refractivity contribution in [3.8, 4) is 0 Å². The van der Waals surface area contributed by atoms with Gasteiger partial charge in [0, 0.05) is 35.1 Å². The van der Waals surface area contributed by atoms with Gasteiger partial charge in [0.05, 0.1) is 0 Å². The first-order valence-corrected chi connectivity index (χ1v) is 9.80. The van der Waals surface area contributed by atoms with Gasteiger partial charge < -0.3 is 20.1 Å². The minimum absolute atomic E-state index is 0.158. The molecule has 0 saturated carbocycles. The molecule has 0 spiro atoms. The van der Waals surface area contributed by atoms with Crippen LogP contribution < -0.4 is 10.6 Å². The molecule has 0 saturated heterocycles. The third-order valence-corrected chi connectivity index (χ3v) is 4.53. The first-order valence-electron chi connectivity index (χ1n) is 9.80. The topological polar surface area (TPSA) is 91.1 Å². The van der Waals surface area contributed by atoms with Crippen molar-refractivity contribution in [1.82, 2.24) is 25.8 Å². The van der Waals surface area contributed by atoms with Gasteiger partial charge in [-0.05, 0) is 31.9 Å². The molecule has 0 radical (unpaired) electrons. The highest BCUT2D eigenvalue weighted by Gasteiger charge is 2.21. The van der Waals surface area contributed by atoms with Crippen molar-refractivity contribution in [3.05, 3.63) is 47.2 Å². The van der Waals surface area contributed by atoms with Crippen LogP contribution in [-0.2, 0) is 18.4 Å². The fraction of sp³-hybridized carbons (Fsp3) is 0.476. The summed E-state index contributed by atoms with van der Waals surface area (Å²) >= 11 is 0. The second-order valence-electron chi connectivity index (χ2n) is 7.91. The van der Waals surface area contributed by atoms with Crippen molar-refractivity contribution >= 4 is 16.9 Å². The molecule has 0 aliphatic heterocycles. The summed E-state index contributed by atoms with van der Waals surface area (Å²) in [5.41, 5.74) is 3.58. The highest BCUT2D eigenvalue weighted by atomic mass is 16.5. The van der Waals surface area contributed by atoms with E-state index in [0.29, 0.717) is 18.3 Å². The first kappa shape index (κ1) is 19.9. The average molecular weight is 383 g/mol. The molecule has 3 N–H and O–H groups in total. The molecule has 0 unspecified atom stereocenters. The minimum Gasteiger partial charge on any atom is -0.358 e. The van der Waals surface area contributed by atoms with Crippen LogP contribution in [0.2, 0.25) is 0 Å². The number of benzene rings is 1. The maximum Gasteiger partial charge on any atom is 0.232 e. The number of aromatic amines is 1. The van der Waals surface area contributed by atoms with Crippen LogP contribution in [0.25, 0.3) is 10.9 Å². The summed E-state index contributed by atoms with van der Waals surface area (Å²) in [5.74, 6) is 1.97. The average Bonchev–Trinajstić information content (AvgIpc) is 3.24.